The van der Waals surface area contributed by atoms with Crippen LogP contribution in [0.25, 0.3) is 66.2 Å². The van der Waals surface area contributed by atoms with E-state index in [0.29, 0.717) is 0 Å². The third-order valence-corrected chi connectivity index (χ3v) is 10.2. The Morgan fingerprint density at radius 1 is 0.388 bits per heavy atom. The molecule has 49 heavy (non-hydrogen) atoms. The van der Waals surface area contributed by atoms with E-state index in [0.717, 1.165) is 55.1 Å². The van der Waals surface area contributed by atoms with Crippen molar-refractivity contribution < 1.29 is 0 Å². The topological polar surface area (TPSA) is 38.7 Å². The summed E-state index contributed by atoms with van der Waals surface area (Å²) < 4.78 is 0. The van der Waals surface area contributed by atoms with Crippen molar-refractivity contribution in [1.82, 2.24) is 15.0 Å². The molecule has 9 aromatic rings. The molecule has 0 unspecified atom stereocenters. The summed E-state index contributed by atoms with van der Waals surface area (Å²) >= 11 is 0. The fourth-order valence-electron chi connectivity index (χ4n) is 8.06. The van der Waals surface area contributed by atoms with Gasteiger partial charge in [0.15, 0.2) is 0 Å². The van der Waals surface area contributed by atoms with Crippen molar-refractivity contribution in [1.29, 1.82) is 0 Å². The van der Waals surface area contributed by atoms with Gasteiger partial charge in [-0.1, -0.05) is 121 Å². The van der Waals surface area contributed by atoms with E-state index in [4.69, 9.17) is 9.97 Å². The van der Waals surface area contributed by atoms with Crippen LogP contribution in [-0.4, -0.2) is 15.0 Å². The van der Waals surface area contributed by atoms with E-state index < -0.39 is 5.41 Å². The largest absolute Gasteiger partial charge is 0.256 e. The molecule has 0 fully saturated rings. The smallest absolute Gasteiger partial charge is 0.0972 e. The Bertz CT molecular complexity index is 2680. The molecule has 3 heterocycles. The number of fused-ring (bicyclic) bond motifs is 7. The van der Waals surface area contributed by atoms with Gasteiger partial charge in [0, 0.05) is 34.1 Å². The predicted octanol–water partition coefficient (Wildman–Crippen LogP) is 11.0. The number of nitrogens with zero attached hydrogens (tertiary/aromatic N) is 3. The molecule has 1 aliphatic rings. The summed E-state index contributed by atoms with van der Waals surface area (Å²) in [4.78, 5) is 14.8. The maximum Gasteiger partial charge on any atom is 0.0972 e. The Balaban J connectivity index is 1.34. The van der Waals surface area contributed by atoms with E-state index in [9.17, 15) is 0 Å². The van der Waals surface area contributed by atoms with Crippen LogP contribution in [0, 0.1) is 0 Å². The monoisotopic (exact) mass is 623 g/mol. The van der Waals surface area contributed by atoms with E-state index in [1.807, 2.05) is 24.5 Å². The van der Waals surface area contributed by atoms with Crippen molar-refractivity contribution in [2.45, 2.75) is 5.41 Å². The zero-order chi connectivity index (χ0) is 32.4. The van der Waals surface area contributed by atoms with Gasteiger partial charge < -0.3 is 0 Å². The Kier molecular flexibility index (Phi) is 6.09. The number of hydrogen-bond donors (Lipinski definition) is 0. The molecule has 228 valence electrons. The van der Waals surface area contributed by atoms with E-state index >= 15 is 0 Å². The summed E-state index contributed by atoms with van der Waals surface area (Å²) in [5, 5.41) is 3.26. The number of rotatable bonds is 4. The first kappa shape index (κ1) is 27.6. The van der Waals surface area contributed by atoms with Crippen LogP contribution < -0.4 is 0 Å². The summed E-state index contributed by atoms with van der Waals surface area (Å²) in [6, 6.07) is 59.1. The predicted molar refractivity (Wildman–Crippen MR) is 201 cm³/mol. The van der Waals surface area contributed by atoms with Crippen LogP contribution in [-0.2, 0) is 5.41 Å². The van der Waals surface area contributed by atoms with E-state index in [1.165, 1.54) is 33.4 Å². The lowest BCUT2D eigenvalue weighted by molar-refractivity contribution is 0.769. The van der Waals surface area contributed by atoms with Gasteiger partial charge >= 0.3 is 0 Å². The van der Waals surface area contributed by atoms with Crippen molar-refractivity contribution >= 4 is 32.7 Å². The number of benzene rings is 6. The zero-order valence-corrected chi connectivity index (χ0v) is 26.6. The second-order valence-corrected chi connectivity index (χ2v) is 12.8. The first-order valence-electron chi connectivity index (χ1n) is 16.7. The molecule has 3 heteroatoms. The maximum atomic E-state index is 5.38. The lowest BCUT2D eigenvalue weighted by Crippen LogP contribution is -2.28. The molecule has 0 N–H and O–H groups in total. The van der Waals surface area contributed by atoms with Gasteiger partial charge in [0.05, 0.1) is 27.7 Å². The highest BCUT2D eigenvalue weighted by Crippen LogP contribution is 2.58. The van der Waals surface area contributed by atoms with Gasteiger partial charge in [0.2, 0.25) is 0 Å². The summed E-state index contributed by atoms with van der Waals surface area (Å²) in [5.41, 5.74) is 14.1. The van der Waals surface area contributed by atoms with Crippen LogP contribution in [0.5, 0.6) is 0 Å². The average molecular weight is 624 g/mol. The van der Waals surface area contributed by atoms with Crippen LogP contribution >= 0.6 is 0 Å². The standard InChI is InChI=1S/C46H29N3/c1-3-13-34(14-4-1)46(35-15-5-2-6-16-35)40-18-8-7-17-36(40)38-28-39(37(29-41(38)46)32-22-23-42-33(27-32)12-10-25-47-42)43-24-21-31-20-19-30-11-9-26-48-44(30)45(31)49-43/h1-29H. The van der Waals surface area contributed by atoms with Crippen molar-refractivity contribution in [2.24, 2.45) is 0 Å². The molecule has 0 amide bonds. The molecular weight excluding hydrogens is 595 g/mol. The minimum absolute atomic E-state index is 0.503. The van der Waals surface area contributed by atoms with Gasteiger partial charge in [-0.05, 0) is 87.0 Å². The minimum Gasteiger partial charge on any atom is -0.256 e. The Labute approximate surface area is 284 Å². The Hall–Kier alpha value is -6.45. The molecule has 0 saturated heterocycles. The summed E-state index contributed by atoms with van der Waals surface area (Å²) in [5.74, 6) is 0. The summed E-state index contributed by atoms with van der Waals surface area (Å²) in [6.45, 7) is 0. The highest BCUT2D eigenvalue weighted by atomic mass is 14.8. The lowest BCUT2D eigenvalue weighted by Gasteiger charge is -2.34. The number of aromatic nitrogens is 3. The molecule has 0 radical (unpaired) electrons. The van der Waals surface area contributed by atoms with Crippen molar-refractivity contribution in [3.05, 3.63) is 198 Å². The van der Waals surface area contributed by atoms with Gasteiger partial charge in [0.1, 0.15) is 0 Å². The normalized spacial score (nSPS) is 13.1. The average Bonchev–Trinajstić information content (AvgIpc) is 3.48. The van der Waals surface area contributed by atoms with Crippen LogP contribution in [0.3, 0.4) is 0 Å². The minimum atomic E-state index is -0.503. The molecule has 1 aliphatic carbocycles. The van der Waals surface area contributed by atoms with Crippen LogP contribution in [0.1, 0.15) is 22.3 Å². The highest BCUT2D eigenvalue weighted by molar-refractivity contribution is 6.04. The molecule has 0 spiro atoms. The summed E-state index contributed by atoms with van der Waals surface area (Å²) in [7, 11) is 0. The molecule has 3 aromatic heterocycles. The fraction of sp³-hybridized carbons (Fsp3) is 0.0217. The van der Waals surface area contributed by atoms with Gasteiger partial charge in [0.25, 0.3) is 0 Å². The number of pyridine rings is 3. The second kappa shape index (κ2) is 10.8. The first-order valence-corrected chi connectivity index (χ1v) is 16.7. The first-order chi connectivity index (χ1) is 24.3. The zero-order valence-electron chi connectivity index (χ0n) is 26.6. The third kappa shape index (κ3) is 4.12. The van der Waals surface area contributed by atoms with Gasteiger partial charge in [-0.2, -0.15) is 0 Å². The summed E-state index contributed by atoms with van der Waals surface area (Å²) in [6.07, 6.45) is 3.70. The van der Waals surface area contributed by atoms with Crippen LogP contribution in [0.4, 0.5) is 0 Å². The van der Waals surface area contributed by atoms with Crippen molar-refractivity contribution in [2.75, 3.05) is 0 Å². The molecule has 0 saturated carbocycles. The van der Waals surface area contributed by atoms with E-state index in [2.05, 4.69) is 157 Å². The maximum absolute atomic E-state index is 5.38. The molecule has 0 bridgehead atoms. The lowest BCUT2D eigenvalue weighted by atomic mass is 9.67. The third-order valence-electron chi connectivity index (χ3n) is 10.2. The van der Waals surface area contributed by atoms with Gasteiger partial charge in [-0.3, -0.25) is 9.97 Å². The highest BCUT2D eigenvalue weighted by Gasteiger charge is 2.46. The molecule has 0 aliphatic heterocycles. The molecular formula is C46H29N3. The molecule has 3 nitrogen and oxygen atoms in total. The van der Waals surface area contributed by atoms with Crippen LogP contribution in [0.2, 0.25) is 0 Å². The SMILES string of the molecule is c1ccc(C2(c3ccccc3)c3ccccc3-c3cc(-c4ccc5ccc6cccnc6c5n4)c(-c4ccc5ncccc5c4)cc32)cc1. The molecule has 10 rings (SSSR count). The molecule has 6 aromatic carbocycles. The Morgan fingerprint density at radius 2 is 1.06 bits per heavy atom. The van der Waals surface area contributed by atoms with E-state index in [-0.39, 0.29) is 0 Å². The number of hydrogen-bond acceptors (Lipinski definition) is 3. The van der Waals surface area contributed by atoms with Crippen molar-refractivity contribution in [3.63, 3.8) is 0 Å². The second-order valence-electron chi connectivity index (χ2n) is 12.8. The fourth-order valence-corrected chi connectivity index (χ4v) is 8.06. The van der Waals surface area contributed by atoms with Gasteiger partial charge in [-0.25, -0.2) is 4.98 Å². The van der Waals surface area contributed by atoms with Gasteiger partial charge in [-0.15, -0.1) is 0 Å². The molecule has 0 atom stereocenters. The van der Waals surface area contributed by atoms with Crippen molar-refractivity contribution in [3.8, 4) is 33.5 Å². The Morgan fingerprint density at radius 3 is 1.86 bits per heavy atom. The van der Waals surface area contributed by atoms with E-state index in [1.54, 1.807) is 0 Å². The quantitative estimate of drug-likeness (QED) is 0.183. The van der Waals surface area contributed by atoms with Crippen LogP contribution in [0.15, 0.2) is 176 Å².